The van der Waals surface area contributed by atoms with Crippen molar-refractivity contribution in [3.63, 3.8) is 0 Å². The molecule has 3 heterocycles. The number of nitrogens with one attached hydrogen (secondary N) is 2. The fraction of sp³-hybridized carbons (Fsp3) is 0.520. The van der Waals surface area contributed by atoms with Crippen LogP contribution in [-0.4, -0.2) is 81.1 Å². The van der Waals surface area contributed by atoms with Crippen LogP contribution in [0.2, 0.25) is 0 Å². The second kappa shape index (κ2) is 10.9. The minimum atomic E-state index is -0.821. The Bertz CT molecular complexity index is 970. The van der Waals surface area contributed by atoms with Crippen LogP contribution in [0, 0.1) is 0 Å². The van der Waals surface area contributed by atoms with Gasteiger partial charge in [-0.15, -0.1) is 0 Å². The number of hydrogen-bond donors (Lipinski definition) is 3. The molecule has 1 aromatic heterocycles. The van der Waals surface area contributed by atoms with E-state index >= 15 is 0 Å². The molecule has 3 N–H and O–H groups in total. The zero-order valence-corrected chi connectivity index (χ0v) is 19.7. The van der Waals surface area contributed by atoms with Gasteiger partial charge in [-0.1, -0.05) is 30.3 Å². The molecule has 0 aliphatic carbocycles. The Labute approximate surface area is 200 Å². The molecule has 2 amide bonds. The molecule has 9 heteroatoms. The molecule has 0 unspecified atom stereocenters. The fourth-order valence-corrected chi connectivity index (χ4v) is 4.60. The van der Waals surface area contributed by atoms with Crippen molar-refractivity contribution in [3.05, 3.63) is 54.0 Å². The van der Waals surface area contributed by atoms with Gasteiger partial charge in [-0.05, 0) is 31.2 Å². The number of hydrogen-bond acceptors (Lipinski definition) is 7. The molecule has 182 valence electrons. The summed E-state index contributed by atoms with van der Waals surface area (Å²) in [6.07, 6.45) is 4.14. The van der Waals surface area contributed by atoms with Gasteiger partial charge in [-0.25, -0.2) is 9.97 Å². The molecule has 2 saturated heterocycles. The first kappa shape index (κ1) is 24.1. The summed E-state index contributed by atoms with van der Waals surface area (Å²) >= 11 is 0. The number of anilines is 1. The third kappa shape index (κ3) is 6.30. The molecule has 2 fully saturated rings. The summed E-state index contributed by atoms with van der Waals surface area (Å²) in [5, 5.41) is 17.7. The molecule has 2 aliphatic heterocycles. The van der Waals surface area contributed by atoms with Crippen LogP contribution in [-0.2, 0) is 11.3 Å². The molecule has 0 spiro atoms. The van der Waals surface area contributed by atoms with E-state index in [2.05, 4.69) is 32.7 Å². The Kier molecular flexibility index (Phi) is 7.74. The van der Waals surface area contributed by atoms with Crippen LogP contribution >= 0.6 is 0 Å². The number of likely N-dealkylation sites (tertiary alicyclic amines) is 2. The molecule has 4 rings (SSSR count). The number of aromatic nitrogens is 2. The number of rotatable bonds is 7. The highest BCUT2D eigenvalue weighted by Crippen LogP contribution is 2.23. The minimum Gasteiger partial charge on any atom is -0.388 e. The Morgan fingerprint density at radius 2 is 1.76 bits per heavy atom. The van der Waals surface area contributed by atoms with Crippen molar-refractivity contribution in [2.24, 2.45) is 0 Å². The van der Waals surface area contributed by atoms with E-state index < -0.39 is 5.60 Å². The molecule has 2 aliphatic rings. The Morgan fingerprint density at radius 1 is 1.06 bits per heavy atom. The number of aliphatic hydroxyl groups is 1. The third-order valence-electron chi connectivity index (χ3n) is 6.79. The van der Waals surface area contributed by atoms with Crippen LogP contribution < -0.4 is 10.6 Å². The van der Waals surface area contributed by atoms with Crippen LogP contribution in [0.3, 0.4) is 0 Å². The summed E-state index contributed by atoms with van der Waals surface area (Å²) in [4.78, 5) is 36.6. The van der Waals surface area contributed by atoms with Gasteiger partial charge in [0.2, 0.25) is 5.91 Å². The van der Waals surface area contributed by atoms with Gasteiger partial charge in [0, 0.05) is 58.3 Å². The van der Waals surface area contributed by atoms with E-state index in [1.165, 1.54) is 11.9 Å². The third-order valence-corrected chi connectivity index (χ3v) is 6.79. The molecule has 2 aromatic rings. The van der Waals surface area contributed by atoms with Crippen LogP contribution in [0.25, 0.3) is 0 Å². The highest BCUT2D eigenvalue weighted by Gasteiger charge is 2.34. The minimum absolute atomic E-state index is 0.105. The summed E-state index contributed by atoms with van der Waals surface area (Å²) < 4.78 is 0. The van der Waals surface area contributed by atoms with E-state index in [1.807, 2.05) is 23.1 Å². The highest BCUT2D eigenvalue weighted by atomic mass is 16.3. The SMILES string of the molecule is CC(=O)N1CCC(Nc2cc(C(=O)N3CCC(O)(CNCc4ccccc4)CC3)ncn2)CC1. The molecule has 1 aromatic carbocycles. The van der Waals surface area contributed by atoms with Gasteiger partial charge in [0.25, 0.3) is 5.91 Å². The lowest BCUT2D eigenvalue weighted by Gasteiger charge is -2.38. The number of amides is 2. The van der Waals surface area contributed by atoms with Gasteiger partial charge in [0.1, 0.15) is 17.8 Å². The molecule has 9 nitrogen and oxygen atoms in total. The van der Waals surface area contributed by atoms with Gasteiger partial charge in [-0.2, -0.15) is 0 Å². The first-order chi connectivity index (χ1) is 16.4. The summed E-state index contributed by atoms with van der Waals surface area (Å²) in [5.41, 5.74) is 0.709. The average molecular weight is 467 g/mol. The quantitative estimate of drug-likeness (QED) is 0.569. The van der Waals surface area contributed by atoms with Gasteiger partial charge in [0.05, 0.1) is 5.60 Å². The molecule has 0 atom stereocenters. The monoisotopic (exact) mass is 466 g/mol. The molecule has 34 heavy (non-hydrogen) atoms. The molecular weight excluding hydrogens is 432 g/mol. The van der Waals surface area contributed by atoms with Crippen molar-refractivity contribution in [2.75, 3.05) is 38.0 Å². The maximum atomic E-state index is 13.0. The van der Waals surface area contributed by atoms with Gasteiger partial charge in [0.15, 0.2) is 0 Å². The van der Waals surface area contributed by atoms with Crippen LogP contribution in [0.4, 0.5) is 5.82 Å². The number of carbonyl (C=O) groups is 2. The lowest BCUT2D eigenvalue weighted by molar-refractivity contribution is -0.129. The van der Waals surface area contributed by atoms with Crippen molar-refractivity contribution < 1.29 is 14.7 Å². The average Bonchev–Trinajstić information content (AvgIpc) is 2.85. The predicted molar refractivity (Wildman–Crippen MR) is 129 cm³/mol. The molecule has 0 bridgehead atoms. The van der Waals surface area contributed by atoms with Gasteiger partial charge < -0.3 is 25.5 Å². The number of nitrogens with zero attached hydrogens (tertiary/aromatic N) is 4. The van der Waals surface area contributed by atoms with Crippen LogP contribution in [0.1, 0.15) is 48.7 Å². The standard InChI is InChI=1S/C25H34N6O3/c1-19(32)30-11-7-21(8-12-30)29-23-15-22(27-18-28-23)24(33)31-13-9-25(34,10-14-31)17-26-16-20-5-3-2-4-6-20/h2-6,15,18,21,26,34H,7-14,16-17H2,1H3,(H,27,28,29). The zero-order valence-electron chi connectivity index (χ0n) is 19.7. The van der Waals surface area contributed by atoms with Crippen molar-refractivity contribution in [1.82, 2.24) is 25.1 Å². The number of benzene rings is 1. The highest BCUT2D eigenvalue weighted by molar-refractivity contribution is 5.93. The second-order valence-corrected chi connectivity index (χ2v) is 9.32. The van der Waals surface area contributed by atoms with Crippen molar-refractivity contribution in [1.29, 1.82) is 0 Å². The lowest BCUT2D eigenvalue weighted by Crippen LogP contribution is -2.51. The lowest BCUT2D eigenvalue weighted by atomic mass is 9.91. The normalized spacial score (nSPS) is 18.5. The van der Waals surface area contributed by atoms with Crippen molar-refractivity contribution in [2.45, 2.75) is 50.8 Å². The van der Waals surface area contributed by atoms with E-state index in [0.29, 0.717) is 50.5 Å². The molecule has 0 radical (unpaired) electrons. The van der Waals surface area contributed by atoms with E-state index in [-0.39, 0.29) is 17.9 Å². The molecule has 0 saturated carbocycles. The zero-order chi connectivity index (χ0) is 24.0. The smallest absolute Gasteiger partial charge is 0.272 e. The fourth-order valence-electron chi connectivity index (χ4n) is 4.60. The largest absolute Gasteiger partial charge is 0.388 e. The van der Waals surface area contributed by atoms with Crippen molar-refractivity contribution in [3.8, 4) is 0 Å². The Morgan fingerprint density at radius 3 is 2.44 bits per heavy atom. The predicted octanol–water partition coefficient (Wildman–Crippen LogP) is 1.66. The maximum absolute atomic E-state index is 13.0. The van der Waals surface area contributed by atoms with E-state index in [0.717, 1.165) is 25.9 Å². The maximum Gasteiger partial charge on any atom is 0.272 e. The Balaban J connectivity index is 1.25. The Hall–Kier alpha value is -3.04. The number of piperidine rings is 2. The van der Waals surface area contributed by atoms with E-state index in [1.54, 1.807) is 17.9 Å². The van der Waals surface area contributed by atoms with Crippen molar-refractivity contribution >= 4 is 17.6 Å². The second-order valence-electron chi connectivity index (χ2n) is 9.32. The topological polar surface area (TPSA) is 111 Å². The molecular formula is C25H34N6O3. The summed E-state index contributed by atoms with van der Waals surface area (Å²) in [5.74, 6) is 0.586. The van der Waals surface area contributed by atoms with Gasteiger partial charge >= 0.3 is 0 Å². The first-order valence-corrected chi connectivity index (χ1v) is 12.0. The summed E-state index contributed by atoms with van der Waals surface area (Å²) in [6.45, 7) is 5.21. The summed E-state index contributed by atoms with van der Waals surface area (Å²) in [6, 6.07) is 12.0. The van der Waals surface area contributed by atoms with E-state index in [4.69, 9.17) is 0 Å². The van der Waals surface area contributed by atoms with Crippen LogP contribution in [0.15, 0.2) is 42.7 Å². The van der Waals surface area contributed by atoms with E-state index in [9.17, 15) is 14.7 Å². The summed E-state index contributed by atoms with van der Waals surface area (Å²) in [7, 11) is 0. The van der Waals surface area contributed by atoms with Gasteiger partial charge in [-0.3, -0.25) is 9.59 Å². The number of carbonyl (C=O) groups excluding carboxylic acids is 2. The first-order valence-electron chi connectivity index (χ1n) is 12.0. The van der Waals surface area contributed by atoms with Crippen LogP contribution in [0.5, 0.6) is 0 Å².